The highest BCUT2D eigenvalue weighted by atomic mass is 14.7. The topological polar surface area (TPSA) is 38.9 Å². The fourth-order valence-corrected chi connectivity index (χ4v) is 1.96. The molecule has 76 valence electrons. The second-order valence-electron chi connectivity index (χ2n) is 4.21. The van der Waals surface area contributed by atoms with Gasteiger partial charge in [-0.05, 0) is 43.7 Å². The van der Waals surface area contributed by atoms with Crippen LogP contribution in [0.25, 0.3) is 0 Å². The smallest absolute Gasteiger partial charge is 0.0404 e. The van der Waals surface area contributed by atoms with Gasteiger partial charge in [0.05, 0.1) is 0 Å². The number of hydrogen-bond acceptors (Lipinski definition) is 2. The minimum absolute atomic E-state index is 0.394. The summed E-state index contributed by atoms with van der Waals surface area (Å²) in [6, 6.07) is 6.46. The van der Waals surface area contributed by atoms with Crippen molar-refractivity contribution in [2.75, 3.05) is 0 Å². The van der Waals surface area contributed by atoms with Gasteiger partial charge in [0.2, 0.25) is 0 Å². The molecule has 1 fully saturated rings. The van der Waals surface area contributed by atoms with E-state index in [1.165, 1.54) is 25.0 Å². The van der Waals surface area contributed by atoms with Crippen molar-refractivity contribution in [1.82, 2.24) is 4.98 Å². The van der Waals surface area contributed by atoms with Crippen molar-refractivity contribution in [3.8, 4) is 0 Å². The lowest BCUT2D eigenvalue weighted by Gasteiger charge is -2.31. The molecular formula is C12H18N2. The zero-order chi connectivity index (χ0) is 9.80. The first-order valence-corrected chi connectivity index (χ1v) is 5.52. The van der Waals surface area contributed by atoms with Crippen LogP contribution in [0.1, 0.15) is 31.4 Å². The molecule has 2 heteroatoms. The fraction of sp³-hybridized carbons (Fsp3) is 0.583. The molecule has 2 rings (SSSR count). The second kappa shape index (κ2) is 4.56. The highest BCUT2D eigenvalue weighted by molar-refractivity contribution is 5.03. The Bertz CT molecular complexity index is 267. The van der Waals surface area contributed by atoms with E-state index in [2.05, 4.69) is 11.1 Å². The zero-order valence-electron chi connectivity index (χ0n) is 8.52. The first-order chi connectivity index (χ1) is 6.86. The Morgan fingerprint density at radius 2 is 2.29 bits per heavy atom. The average molecular weight is 190 g/mol. The van der Waals surface area contributed by atoms with Gasteiger partial charge >= 0.3 is 0 Å². The summed E-state index contributed by atoms with van der Waals surface area (Å²) in [5, 5.41) is 0. The monoisotopic (exact) mass is 190 g/mol. The Morgan fingerprint density at radius 1 is 1.43 bits per heavy atom. The van der Waals surface area contributed by atoms with Gasteiger partial charge in [-0.15, -0.1) is 0 Å². The SMILES string of the molecule is NC(CCc1ccccn1)C1CCC1. The van der Waals surface area contributed by atoms with Crippen molar-refractivity contribution >= 4 is 0 Å². The number of nitrogens with two attached hydrogens (primary N) is 1. The molecule has 0 spiro atoms. The lowest BCUT2D eigenvalue weighted by atomic mass is 9.78. The van der Waals surface area contributed by atoms with Crippen LogP contribution in [0.3, 0.4) is 0 Å². The summed E-state index contributed by atoms with van der Waals surface area (Å²) in [6.07, 6.45) is 8.01. The Morgan fingerprint density at radius 3 is 2.86 bits per heavy atom. The summed E-state index contributed by atoms with van der Waals surface area (Å²) in [5.74, 6) is 0.790. The quantitative estimate of drug-likeness (QED) is 0.790. The van der Waals surface area contributed by atoms with E-state index in [-0.39, 0.29) is 0 Å². The van der Waals surface area contributed by atoms with Crippen LogP contribution >= 0.6 is 0 Å². The zero-order valence-corrected chi connectivity index (χ0v) is 8.52. The third-order valence-electron chi connectivity index (χ3n) is 3.22. The van der Waals surface area contributed by atoms with Crippen LogP contribution in [0.4, 0.5) is 0 Å². The number of aromatic nitrogens is 1. The summed E-state index contributed by atoms with van der Waals surface area (Å²) in [6.45, 7) is 0. The molecule has 1 heterocycles. The van der Waals surface area contributed by atoms with Gasteiger partial charge in [-0.3, -0.25) is 4.98 Å². The van der Waals surface area contributed by atoms with E-state index in [0.717, 1.165) is 18.8 Å². The predicted molar refractivity (Wildman–Crippen MR) is 57.9 cm³/mol. The molecule has 1 atom stereocenters. The Balaban J connectivity index is 1.76. The van der Waals surface area contributed by atoms with Crippen LogP contribution in [0.5, 0.6) is 0 Å². The van der Waals surface area contributed by atoms with E-state index in [0.29, 0.717) is 6.04 Å². The number of nitrogens with zero attached hydrogens (tertiary/aromatic N) is 1. The van der Waals surface area contributed by atoms with Crippen molar-refractivity contribution in [3.05, 3.63) is 30.1 Å². The maximum atomic E-state index is 6.10. The fourth-order valence-electron chi connectivity index (χ4n) is 1.96. The molecule has 0 bridgehead atoms. The third-order valence-corrected chi connectivity index (χ3v) is 3.22. The van der Waals surface area contributed by atoms with Crippen LogP contribution in [0.15, 0.2) is 24.4 Å². The lowest BCUT2D eigenvalue weighted by molar-refractivity contribution is 0.253. The first-order valence-electron chi connectivity index (χ1n) is 5.52. The van der Waals surface area contributed by atoms with Gasteiger partial charge in [0.25, 0.3) is 0 Å². The molecular weight excluding hydrogens is 172 g/mol. The minimum Gasteiger partial charge on any atom is -0.327 e. The van der Waals surface area contributed by atoms with Gasteiger partial charge in [0.15, 0.2) is 0 Å². The minimum atomic E-state index is 0.394. The molecule has 1 aliphatic rings. The largest absolute Gasteiger partial charge is 0.327 e. The lowest BCUT2D eigenvalue weighted by Crippen LogP contribution is -2.34. The van der Waals surface area contributed by atoms with Gasteiger partial charge in [0.1, 0.15) is 0 Å². The maximum absolute atomic E-state index is 6.10. The van der Waals surface area contributed by atoms with Crippen LogP contribution in [-0.4, -0.2) is 11.0 Å². The molecule has 1 aromatic rings. The molecule has 1 unspecified atom stereocenters. The summed E-state index contributed by atoms with van der Waals surface area (Å²) >= 11 is 0. The molecule has 0 amide bonds. The summed E-state index contributed by atoms with van der Waals surface area (Å²) < 4.78 is 0. The molecule has 14 heavy (non-hydrogen) atoms. The highest BCUT2D eigenvalue weighted by Crippen LogP contribution is 2.30. The van der Waals surface area contributed by atoms with Crippen molar-refractivity contribution in [1.29, 1.82) is 0 Å². The van der Waals surface area contributed by atoms with Crippen LogP contribution in [0, 0.1) is 5.92 Å². The molecule has 1 aromatic heterocycles. The first kappa shape index (κ1) is 9.66. The van der Waals surface area contributed by atoms with Gasteiger partial charge in [-0.25, -0.2) is 0 Å². The Labute approximate surface area is 85.5 Å². The van der Waals surface area contributed by atoms with Gasteiger partial charge in [0, 0.05) is 17.9 Å². The van der Waals surface area contributed by atoms with E-state index in [9.17, 15) is 0 Å². The van der Waals surface area contributed by atoms with Crippen LogP contribution < -0.4 is 5.73 Å². The summed E-state index contributed by atoms with van der Waals surface area (Å²) in [5.41, 5.74) is 7.27. The standard InChI is InChI=1S/C12H18N2/c13-12(10-4-3-5-10)8-7-11-6-1-2-9-14-11/h1-2,6,9-10,12H,3-5,7-8,13H2. The van der Waals surface area contributed by atoms with Gasteiger partial charge in [-0.2, -0.15) is 0 Å². The molecule has 0 radical (unpaired) electrons. The molecule has 1 saturated carbocycles. The molecule has 1 aliphatic carbocycles. The summed E-state index contributed by atoms with van der Waals surface area (Å²) in [7, 11) is 0. The molecule has 0 saturated heterocycles. The second-order valence-corrected chi connectivity index (χ2v) is 4.21. The number of aryl methyl sites for hydroxylation is 1. The van der Waals surface area contributed by atoms with E-state index >= 15 is 0 Å². The maximum Gasteiger partial charge on any atom is 0.0404 e. The van der Waals surface area contributed by atoms with Crippen LogP contribution in [0.2, 0.25) is 0 Å². The Kier molecular flexibility index (Phi) is 3.14. The van der Waals surface area contributed by atoms with Crippen LogP contribution in [-0.2, 0) is 6.42 Å². The van der Waals surface area contributed by atoms with Gasteiger partial charge in [-0.1, -0.05) is 12.5 Å². The van der Waals surface area contributed by atoms with E-state index in [1.807, 2.05) is 18.3 Å². The van der Waals surface area contributed by atoms with Crippen molar-refractivity contribution < 1.29 is 0 Å². The van der Waals surface area contributed by atoms with Crippen molar-refractivity contribution in [2.45, 2.75) is 38.1 Å². The van der Waals surface area contributed by atoms with E-state index < -0.39 is 0 Å². The van der Waals surface area contributed by atoms with E-state index in [4.69, 9.17) is 5.73 Å². The molecule has 0 aliphatic heterocycles. The number of pyridine rings is 1. The molecule has 2 N–H and O–H groups in total. The summed E-state index contributed by atoms with van der Waals surface area (Å²) in [4.78, 5) is 4.30. The predicted octanol–water partition coefficient (Wildman–Crippen LogP) is 2.14. The number of hydrogen-bond donors (Lipinski definition) is 1. The third kappa shape index (κ3) is 2.32. The number of rotatable bonds is 4. The Hall–Kier alpha value is -0.890. The van der Waals surface area contributed by atoms with Crippen molar-refractivity contribution in [2.24, 2.45) is 11.7 Å². The van der Waals surface area contributed by atoms with Crippen molar-refractivity contribution in [3.63, 3.8) is 0 Å². The van der Waals surface area contributed by atoms with Gasteiger partial charge < -0.3 is 5.73 Å². The average Bonchev–Trinajstić information content (AvgIpc) is 2.14. The molecule has 2 nitrogen and oxygen atoms in total. The van der Waals surface area contributed by atoms with E-state index in [1.54, 1.807) is 0 Å². The highest BCUT2D eigenvalue weighted by Gasteiger charge is 2.23. The molecule has 0 aromatic carbocycles. The normalized spacial score (nSPS) is 18.9.